The maximum absolute atomic E-state index is 5.91. The van der Waals surface area contributed by atoms with E-state index in [9.17, 15) is 0 Å². The Kier molecular flexibility index (Phi) is 4.02. The van der Waals surface area contributed by atoms with Crippen molar-refractivity contribution >= 4 is 15.9 Å². The van der Waals surface area contributed by atoms with Gasteiger partial charge < -0.3 is 9.47 Å². The van der Waals surface area contributed by atoms with Crippen molar-refractivity contribution in [2.24, 2.45) is 0 Å². The zero-order valence-corrected chi connectivity index (χ0v) is 13.1. The van der Waals surface area contributed by atoms with Gasteiger partial charge in [0.25, 0.3) is 0 Å². The molecule has 2 atom stereocenters. The molecular formula is C15H21BrO2. The Morgan fingerprint density at radius 3 is 2.39 bits per heavy atom. The van der Waals surface area contributed by atoms with Crippen molar-refractivity contribution in [3.8, 4) is 5.75 Å². The molecule has 3 heteroatoms. The van der Waals surface area contributed by atoms with Crippen LogP contribution in [0.3, 0.4) is 0 Å². The number of hydrogen-bond donors (Lipinski definition) is 0. The molecule has 1 heterocycles. The van der Waals surface area contributed by atoms with Gasteiger partial charge in [0.1, 0.15) is 5.75 Å². The number of aryl methyl sites for hydroxylation is 2. The summed E-state index contributed by atoms with van der Waals surface area (Å²) >= 11 is 3.82. The number of benzene rings is 1. The molecule has 2 rings (SSSR count). The van der Waals surface area contributed by atoms with Crippen LogP contribution in [-0.2, 0) is 4.74 Å². The molecule has 1 aromatic rings. The predicted octanol–water partition coefficient (Wildman–Crippen LogP) is 4.32. The minimum atomic E-state index is -0.0898. The Hall–Kier alpha value is -0.540. The van der Waals surface area contributed by atoms with Gasteiger partial charge in [0.2, 0.25) is 0 Å². The van der Waals surface area contributed by atoms with E-state index >= 15 is 0 Å². The molecule has 0 N–H and O–H groups in total. The summed E-state index contributed by atoms with van der Waals surface area (Å²) in [4.78, 5) is 0.232. The van der Waals surface area contributed by atoms with Crippen LogP contribution in [0, 0.1) is 13.8 Å². The van der Waals surface area contributed by atoms with Gasteiger partial charge in [0.15, 0.2) is 0 Å². The molecule has 1 aromatic carbocycles. The Balaban J connectivity index is 2.34. The summed E-state index contributed by atoms with van der Waals surface area (Å²) in [7, 11) is 1.72. The van der Waals surface area contributed by atoms with Crippen molar-refractivity contribution in [3.63, 3.8) is 0 Å². The molecule has 0 aromatic heterocycles. The lowest BCUT2D eigenvalue weighted by Crippen LogP contribution is -2.28. The first-order valence-electron chi connectivity index (χ1n) is 6.41. The zero-order valence-electron chi connectivity index (χ0n) is 11.5. The standard InChI is InChI=1S/C15H21BrO2/c1-10-8-12(9-11(2)13(10)17-4)14(16)15(3)6-5-7-18-15/h8-9,14H,5-7H2,1-4H3. The summed E-state index contributed by atoms with van der Waals surface area (Å²) in [6, 6.07) is 4.39. The second kappa shape index (κ2) is 5.22. The second-order valence-corrected chi connectivity index (χ2v) is 6.23. The number of hydrogen-bond acceptors (Lipinski definition) is 2. The van der Waals surface area contributed by atoms with Gasteiger partial charge in [0.05, 0.1) is 17.5 Å². The molecule has 100 valence electrons. The lowest BCUT2D eigenvalue weighted by atomic mass is 9.91. The Morgan fingerprint density at radius 2 is 1.94 bits per heavy atom. The molecule has 0 saturated carbocycles. The van der Waals surface area contributed by atoms with Crippen LogP contribution in [0.4, 0.5) is 0 Å². The van der Waals surface area contributed by atoms with Gasteiger partial charge in [0, 0.05) is 6.61 Å². The fraction of sp³-hybridized carbons (Fsp3) is 0.600. The van der Waals surface area contributed by atoms with E-state index in [0.717, 1.165) is 25.2 Å². The van der Waals surface area contributed by atoms with Crippen LogP contribution < -0.4 is 4.74 Å². The van der Waals surface area contributed by atoms with Crippen LogP contribution in [0.25, 0.3) is 0 Å². The summed E-state index contributed by atoms with van der Waals surface area (Å²) in [5.74, 6) is 0.982. The SMILES string of the molecule is COc1c(C)cc(C(Br)C2(C)CCCO2)cc1C. The Morgan fingerprint density at radius 1 is 1.33 bits per heavy atom. The van der Waals surface area contributed by atoms with Crippen LogP contribution in [0.15, 0.2) is 12.1 Å². The van der Waals surface area contributed by atoms with E-state index in [1.54, 1.807) is 7.11 Å². The molecule has 1 saturated heterocycles. The molecule has 1 aliphatic rings. The fourth-order valence-corrected chi connectivity index (χ4v) is 3.43. The maximum atomic E-state index is 5.91. The monoisotopic (exact) mass is 312 g/mol. The molecule has 1 aliphatic heterocycles. The number of rotatable bonds is 3. The third kappa shape index (κ3) is 2.43. The highest BCUT2D eigenvalue weighted by molar-refractivity contribution is 9.09. The van der Waals surface area contributed by atoms with E-state index in [1.165, 1.54) is 16.7 Å². The quantitative estimate of drug-likeness (QED) is 0.774. The number of alkyl halides is 1. The first-order chi connectivity index (χ1) is 8.48. The molecule has 2 nitrogen and oxygen atoms in total. The lowest BCUT2D eigenvalue weighted by Gasteiger charge is -2.30. The normalized spacial score (nSPS) is 25.2. The minimum absolute atomic E-state index is 0.0898. The summed E-state index contributed by atoms with van der Waals surface area (Å²) in [5, 5.41) is 0. The van der Waals surface area contributed by atoms with Crippen LogP contribution in [0.2, 0.25) is 0 Å². The molecule has 0 aliphatic carbocycles. The van der Waals surface area contributed by atoms with Crippen LogP contribution in [-0.4, -0.2) is 19.3 Å². The smallest absolute Gasteiger partial charge is 0.124 e. The van der Waals surface area contributed by atoms with Crippen LogP contribution in [0.1, 0.15) is 41.3 Å². The summed E-state index contributed by atoms with van der Waals surface area (Å²) < 4.78 is 11.3. The zero-order chi connectivity index (χ0) is 13.3. The van der Waals surface area contributed by atoms with Crippen molar-refractivity contribution in [1.29, 1.82) is 0 Å². The molecule has 0 radical (unpaired) electrons. The Labute approximate surface area is 118 Å². The first kappa shape index (κ1) is 13.9. The van der Waals surface area contributed by atoms with Crippen LogP contribution in [0.5, 0.6) is 5.75 Å². The van der Waals surface area contributed by atoms with Crippen molar-refractivity contribution in [2.45, 2.75) is 44.0 Å². The topological polar surface area (TPSA) is 18.5 Å². The minimum Gasteiger partial charge on any atom is -0.496 e. The number of ether oxygens (including phenoxy) is 2. The van der Waals surface area contributed by atoms with E-state index < -0.39 is 0 Å². The van der Waals surface area contributed by atoms with Gasteiger partial charge in [-0.3, -0.25) is 0 Å². The van der Waals surface area contributed by atoms with Gasteiger partial charge in [-0.25, -0.2) is 0 Å². The van der Waals surface area contributed by atoms with Gasteiger partial charge in [-0.05, 0) is 50.3 Å². The van der Waals surface area contributed by atoms with Crippen molar-refractivity contribution in [1.82, 2.24) is 0 Å². The van der Waals surface area contributed by atoms with E-state index in [0.29, 0.717) is 0 Å². The Bertz CT molecular complexity index is 413. The van der Waals surface area contributed by atoms with E-state index in [-0.39, 0.29) is 10.4 Å². The fourth-order valence-electron chi connectivity index (χ4n) is 2.81. The highest BCUT2D eigenvalue weighted by Gasteiger charge is 2.38. The van der Waals surface area contributed by atoms with Gasteiger partial charge >= 0.3 is 0 Å². The molecule has 1 fully saturated rings. The van der Waals surface area contributed by atoms with Gasteiger partial charge in [-0.2, -0.15) is 0 Å². The summed E-state index contributed by atoms with van der Waals surface area (Å²) in [6.45, 7) is 7.24. The average Bonchev–Trinajstić information content (AvgIpc) is 2.76. The third-order valence-corrected chi connectivity index (χ3v) is 5.26. The molecular weight excluding hydrogens is 292 g/mol. The average molecular weight is 313 g/mol. The van der Waals surface area contributed by atoms with Gasteiger partial charge in [-0.1, -0.05) is 28.1 Å². The molecule has 0 spiro atoms. The van der Waals surface area contributed by atoms with Crippen LogP contribution >= 0.6 is 15.9 Å². The predicted molar refractivity (Wildman–Crippen MR) is 77.7 cm³/mol. The molecule has 2 unspecified atom stereocenters. The number of halogens is 1. The van der Waals surface area contributed by atoms with Gasteiger partial charge in [-0.15, -0.1) is 0 Å². The largest absolute Gasteiger partial charge is 0.496 e. The second-order valence-electron chi connectivity index (χ2n) is 5.32. The van der Waals surface area contributed by atoms with E-state index in [1.807, 2.05) is 0 Å². The highest BCUT2D eigenvalue weighted by Crippen LogP contribution is 2.44. The van der Waals surface area contributed by atoms with Crippen molar-refractivity contribution < 1.29 is 9.47 Å². The molecule has 18 heavy (non-hydrogen) atoms. The van der Waals surface area contributed by atoms with E-state index in [2.05, 4.69) is 48.8 Å². The molecule has 0 amide bonds. The summed E-state index contributed by atoms with van der Waals surface area (Å²) in [6.07, 6.45) is 2.25. The number of methoxy groups -OCH3 is 1. The third-order valence-electron chi connectivity index (χ3n) is 3.76. The maximum Gasteiger partial charge on any atom is 0.124 e. The van der Waals surface area contributed by atoms with Crippen molar-refractivity contribution in [3.05, 3.63) is 28.8 Å². The molecule has 0 bridgehead atoms. The summed E-state index contributed by atoms with van der Waals surface area (Å²) in [5.41, 5.74) is 3.54. The lowest BCUT2D eigenvalue weighted by molar-refractivity contribution is 0.0197. The first-order valence-corrected chi connectivity index (χ1v) is 7.32. The van der Waals surface area contributed by atoms with Crippen molar-refractivity contribution in [2.75, 3.05) is 13.7 Å². The van der Waals surface area contributed by atoms with E-state index in [4.69, 9.17) is 9.47 Å². The highest BCUT2D eigenvalue weighted by atomic mass is 79.9.